The summed E-state index contributed by atoms with van der Waals surface area (Å²) < 4.78 is 5.66. The maximum Gasteiger partial charge on any atom is 0.407 e. The van der Waals surface area contributed by atoms with Crippen molar-refractivity contribution in [2.24, 2.45) is 17.8 Å². The number of alkyl carbamates (subject to hydrolysis) is 1. The summed E-state index contributed by atoms with van der Waals surface area (Å²) in [4.78, 5) is 38.0. The summed E-state index contributed by atoms with van der Waals surface area (Å²) in [6, 6.07) is 16.5. The van der Waals surface area contributed by atoms with Gasteiger partial charge in [-0.3, -0.25) is 9.59 Å². The maximum atomic E-state index is 12.6. The number of nitrogens with zero attached hydrogens (tertiary/aromatic N) is 1. The number of ether oxygens (including phenoxy) is 1. The van der Waals surface area contributed by atoms with Crippen LogP contribution in [0, 0.1) is 17.8 Å². The lowest BCUT2D eigenvalue weighted by molar-refractivity contribution is -0.150. The molecule has 1 saturated carbocycles. The van der Waals surface area contributed by atoms with Gasteiger partial charge in [0.2, 0.25) is 5.91 Å². The Bertz CT molecular complexity index is 1080. The molecule has 3 atom stereocenters. The number of rotatable bonds is 7. The van der Waals surface area contributed by atoms with E-state index < -0.39 is 18.0 Å². The molecule has 2 aromatic rings. The summed E-state index contributed by atoms with van der Waals surface area (Å²) in [5.41, 5.74) is 4.77. The molecule has 0 aromatic heterocycles. The summed E-state index contributed by atoms with van der Waals surface area (Å²) in [7, 11) is 0. The minimum Gasteiger partial charge on any atom is -0.481 e. The first-order chi connectivity index (χ1) is 16.9. The zero-order chi connectivity index (χ0) is 24.5. The first kappa shape index (κ1) is 23.4. The Morgan fingerprint density at radius 1 is 1.03 bits per heavy atom. The summed E-state index contributed by atoms with van der Waals surface area (Å²) in [6.45, 7) is 3.05. The maximum absolute atomic E-state index is 12.6. The number of carboxylic acids is 1. The van der Waals surface area contributed by atoms with Crippen molar-refractivity contribution in [2.45, 2.75) is 44.6 Å². The van der Waals surface area contributed by atoms with Crippen LogP contribution in [0.1, 0.15) is 49.7 Å². The van der Waals surface area contributed by atoms with Crippen molar-refractivity contribution in [1.82, 2.24) is 10.2 Å². The van der Waals surface area contributed by atoms with E-state index in [1.807, 2.05) is 24.3 Å². The Hall–Kier alpha value is -3.35. The minimum absolute atomic E-state index is 0.0135. The molecule has 7 nitrogen and oxygen atoms in total. The molecule has 2 fully saturated rings. The Balaban J connectivity index is 1.07. The molecule has 1 unspecified atom stereocenters. The third-order valence-corrected chi connectivity index (χ3v) is 8.03. The zero-order valence-corrected chi connectivity index (χ0v) is 20.0. The monoisotopic (exact) mass is 476 g/mol. The van der Waals surface area contributed by atoms with Crippen LogP contribution in [0.3, 0.4) is 0 Å². The zero-order valence-electron chi connectivity index (χ0n) is 20.0. The van der Waals surface area contributed by atoms with Crippen molar-refractivity contribution in [2.75, 3.05) is 19.7 Å². The highest BCUT2D eigenvalue weighted by Crippen LogP contribution is 2.44. The Labute approximate surface area is 205 Å². The largest absolute Gasteiger partial charge is 0.481 e. The lowest BCUT2D eigenvalue weighted by Crippen LogP contribution is -2.53. The molecule has 0 spiro atoms. The van der Waals surface area contributed by atoms with Gasteiger partial charge in [-0.2, -0.15) is 0 Å². The van der Waals surface area contributed by atoms with Gasteiger partial charge in [-0.25, -0.2) is 4.79 Å². The van der Waals surface area contributed by atoms with Gasteiger partial charge in [0.15, 0.2) is 0 Å². The first-order valence-corrected chi connectivity index (χ1v) is 12.5. The molecule has 1 heterocycles. The van der Waals surface area contributed by atoms with Crippen LogP contribution in [0.4, 0.5) is 4.79 Å². The van der Waals surface area contributed by atoms with Crippen molar-refractivity contribution in [3.63, 3.8) is 0 Å². The van der Waals surface area contributed by atoms with E-state index in [0.29, 0.717) is 26.1 Å². The molecule has 2 amide bonds. The van der Waals surface area contributed by atoms with Crippen molar-refractivity contribution in [3.8, 4) is 11.1 Å². The fourth-order valence-corrected chi connectivity index (χ4v) is 5.81. The van der Waals surface area contributed by atoms with Crippen LogP contribution in [0.15, 0.2) is 48.5 Å². The molecular weight excluding hydrogens is 444 g/mol. The Morgan fingerprint density at radius 3 is 2.29 bits per heavy atom. The van der Waals surface area contributed by atoms with Crippen LogP contribution >= 0.6 is 0 Å². The first-order valence-electron chi connectivity index (χ1n) is 12.5. The highest BCUT2D eigenvalue weighted by Gasteiger charge is 2.38. The third-order valence-electron chi connectivity index (χ3n) is 8.03. The summed E-state index contributed by atoms with van der Waals surface area (Å²) in [5, 5.41) is 12.1. The predicted octanol–water partition coefficient (Wildman–Crippen LogP) is 4.26. The number of fused-ring (bicyclic) bond motifs is 3. The molecule has 1 saturated heterocycles. The normalized spacial score (nSPS) is 22.1. The molecule has 35 heavy (non-hydrogen) atoms. The summed E-state index contributed by atoms with van der Waals surface area (Å²) >= 11 is 0. The molecule has 3 aliphatic rings. The smallest absolute Gasteiger partial charge is 0.407 e. The van der Waals surface area contributed by atoms with E-state index in [4.69, 9.17) is 9.84 Å². The van der Waals surface area contributed by atoms with Gasteiger partial charge < -0.3 is 20.1 Å². The van der Waals surface area contributed by atoms with Crippen molar-refractivity contribution in [3.05, 3.63) is 59.7 Å². The van der Waals surface area contributed by atoms with E-state index in [-0.39, 0.29) is 29.7 Å². The van der Waals surface area contributed by atoms with Crippen LogP contribution in [0.2, 0.25) is 0 Å². The number of carbonyl (C=O) groups is 3. The summed E-state index contributed by atoms with van der Waals surface area (Å²) in [5.74, 6) is -0.825. The minimum atomic E-state index is -0.806. The molecule has 184 valence electrons. The van der Waals surface area contributed by atoms with E-state index in [1.54, 1.807) is 11.8 Å². The standard InChI is InChI=1S/C28H32N2O5/c1-17(27(32)33)19-14-30(15-19)26(31)13-18-10-11-20(12-18)29-28(34)35-16-25-23-8-4-2-6-21(23)22-7-3-5-9-24(22)25/h2-9,17-20,25H,10-16H2,1H3,(H,29,34)(H,32,33)/t17?,18-,20+/m1/s1. The highest BCUT2D eigenvalue weighted by atomic mass is 16.5. The van der Waals surface area contributed by atoms with Crippen molar-refractivity contribution in [1.29, 1.82) is 0 Å². The van der Waals surface area contributed by atoms with E-state index >= 15 is 0 Å². The number of hydrogen-bond donors (Lipinski definition) is 2. The van der Waals surface area contributed by atoms with Crippen molar-refractivity contribution < 1.29 is 24.2 Å². The van der Waals surface area contributed by atoms with Gasteiger partial charge in [0.1, 0.15) is 6.61 Å². The molecule has 5 rings (SSSR count). The average molecular weight is 477 g/mol. The number of benzene rings is 2. The van der Waals surface area contributed by atoms with Gasteiger partial charge >= 0.3 is 12.1 Å². The van der Waals surface area contributed by atoms with Gasteiger partial charge in [0, 0.05) is 37.4 Å². The second-order valence-corrected chi connectivity index (χ2v) is 10.2. The van der Waals surface area contributed by atoms with Gasteiger partial charge in [-0.15, -0.1) is 0 Å². The number of hydrogen-bond acceptors (Lipinski definition) is 4. The van der Waals surface area contributed by atoms with Crippen LogP contribution in [-0.4, -0.2) is 53.7 Å². The molecule has 2 aromatic carbocycles. The topological polar surface area (TPSA) is 95.9 Å². The molecule has 2 aliphatic carbocycles. The van der Waals surface area contributed by atoms with Gasteiger partial charge in [-0.1, -0.05) is 55.5 Å². The lowest BCUT2D eigenvalue weighted by Gasteiger charge is -2.41. The fourth-order valence-electron chi connectivity index (χ4n) is 5.81. The SMILES string of the molecule is CC(C(=O)O)C1CN(C(=O)C[C@@H]2CC[C@H](NC(=O)OCC3c4ccccc4-c4ccccc43)C2)C1. The average Bonchev–Trinajstić information content (AvgIpc) is 3.38. The molecule has 0 radical (unpaired) electrons. The third kappa shape index (κ3) is 4.77. The van der Waals surface area contributed by atoms with E-state index in [9.17, 15) is 14.4 Å². The molecule has 0 bridgehead atoms. The number of amides is 2. The van der Waals surface area contributed by atoms with Crippen LogP contribution in [-0.2, 0) is 14.3 Å². The molecule has 7 heteroatoms. The van der Waals surface area contributed by atoms with E-state index in [2.05, 4.69) is 29.6 Å². The number of carbonyl (C=O) groups excluding carboxylic acids is 2. The van der Waals surface area contributed by atoms with Crippen LogP contribution < -0.4 is 5.32 Å². The number of aliphatic carboxylic acids is 1. The number of likely N-dealkylation sites (tertiary alicyclic amines) is 1. The Kier molecular flexibility index (Phi) is 6.50. The second-order valence-electron chi connectivity index (χ2n) is 10.2. The van der Waals surface area contributed by atoms with Gasteiger partial charge in [0.25, 0.3) is 0 Å². The summed E-state index contributed by atoms with van der Waals surface area (Å²) in [6.07, 6.45) is 2.54. The van der Waals surface area contributed by atoms with Crippen molar-refractivity contribution >= 4 is 18.0 Å². The van der Waals surface area contributed by atoms with E-state index in [0.717, 1.165) is 19.3 Å². The number of nitrogens with one attached hydrogen (secondary N) is 1. The van der Waals surface area contributed by atoms with Crippen LogP contribution in [0.5, 0.6) is 0 Å². The fraction of sp³-hybridized carbons (Fsp3) is 0.464. The van der Waals surface area contributed by atoms with Gasteiger partial charge in [0.05, 0.1) is 5.92 Å². The quantitative estimate of drug-likeness (QED) is 0.622. The lowest BCUT2D eigenvalue weighted by atomic mass is 9.86. The van der Waals surface area contributed by atoms with Gasteiger partial charge in [-0.05, 0) is 47.4 Å². The molecule has 2 N–H and O–H groups in total. The Morgan fingerprint density at radius 2 is 1.66 bits per heavy atom. The molecule has 1 aliphatic heterocycles. The second kappa shape index (κ2) is 9.72. The predicted molar refractivity (Wildman–Crippen MR) is 131 cm³/mol. The van der Waals surface area contributed by atoms with Crippen LogP contribution in [0.25, 0.3) is 11.1 Å². The molecular formula is C28H32N2O5. The highest BCUT2D eigenvalue weighted by molar-refractivity contribution is 5.79. The number of carboxylic acid groups (broad SMARTS) is 1. The van der Waals surface area contributed by atoms with E-state index in [1.165, 1.54) is 22.3 Å².